The summed E-state index contributed by atoms with van der Waals surface area (Å²) in [4.78, 5) is 4.37. The van der Waals surface area contributed by atoms with Crippen molar-refractivity contribution < 1.29 is 4.42 Å². The van der Waals surface area contributed by atoms with Gasteiger partial charge in [0, 0.05) is 10.0 Å². The zero-order chi connectivity index (χ0) is 18.8. The molecule has 0 N–H and O–H groups in total. The first-order valence-corrected chi connectivity index (χ1v) is 9.30. The van der Waals surface area contributed by atoms with Gasteiger partial charge in [-0.3, -0.25) is 0 Å². The minimum Gasteiger partial charge on any atom is -0.457 e. The van der Waals surface area contributed by atoms with Crippen LogP contribution in [-0.4, -0.2) is 9.55 Å². The molecule has 0 atom stereocenters. The number of para-hydroxylation sites is 2. The van der Waals surface area contributed by atoms with Crippen LogP contribution >= 0.6 is 15.9 Å². The topological polar surface area (TPSA) is 54.8 Å². The molecule has 0 aliphatic carbocycles. The monoisotopic (exact) mass is 417 g/mol. The molecular weight excluding hydrogens is 402 g/mol. The summed E-state index contributed by atoms with van der Waals surface area (Å²) < 4.78 is 8.93. The second-order valence-corrected chi connectivity index (χ2v) is 7.16. The normalized spacial score (nSPS) is 11.7. The van der Waals surface area contributed by atoms with Crippen LogP contribution in [0.25, 0.3) is 28.4 Å². The van der Waals surface area contributed by atoms with Gasteiger partial charge in [0.15, 0.2) is 0 Å². The van der Waals surface area contributed by atoms with Gasteiger partial charge in [0.05, 0.1) is 35.5 Å². The number of hydrogen-bond acceptors (Lipinski definition) is 3. The van der Waals surface area contributed by atoms with Gasteiger partial charge in [-0.1, -0.05) is 40.2 Å². The van der Waals surface area contributed by atoms with Gasteiger partial charge in [-0.15, -0.1) is 0 Å². The number of aryl methyl sites for hydroxylation is 1. The van der Waals surface area contributed by atoms with E-state index in [1.165, 1.54) is 5.56 Å². The van der Waals surface area contributed by atoms with Gasteiger partial charge < -0.3 is 8.98 Å². The Morgan fingerprint density at radius 2 is 2.07 bits per heavy atom. The molecule has 2 heterocycles. The van der Waals surface area contributed by atoms with Gasteiger partial charge >= 0.3 is 0 Å². The smallest absolute Gasteiger partial charge is 0.134 e. The maximum absolute atomic E-state index is 9.55. The molecule has 0 saturated carbocycles. The highest BCUT2D eigenvalue weighted by molar-refractivity contribution is 9.10. The van der Waals surface area contributed by atoms with Gasteiger partial charge in [0.1, 0.15) is 11.5 Å². The average molecular weight is 418 g/mol. The van der Waals surface area contributed by atoms with Crippen LogP contribution in [0.1, 0.15) is 11.3 Å². The Hall–Kier alpha value is -3.10. The molecule has 0 fully saturated rings. The summed E-state index contributed by atoms with van der Waals surface area (Å²) in [5, 5.41) is 9.55. The Labute approximate surface area is 165 Å². The molecule has 0 amide bonds. The van der Waals surface area contributed by atoms with Crippen LogP contribution in [0.5, 0.6) is 0 Å². The van der Waals surface area contributed by atoms with Crippen LogP contribution in [0.15, 0.2) is 75.4 Å². The predicted molar refractivity (Wildman–Crippen MR) is 110 cm³/mol. The Bertz CT molecular complexity index is 1190. The van der Waals surface area contributed by atoms with Crippen molar-refractivity contribution in [3.05, 3.63) is 82.3 Å². The molecule has 2 aromatic heterocycles. The molecular formula is C22H16BrN3O. The highest BCUT2D eigenvalue weighted by Crippen LogP contribution is 2.28. The molecule has 132 valence electrons. The van der Waals surface area contributed by atoms with Gasteiger partial charge in [-0.05, 0) is 48.9 Å². The van der Waals surface area contributed by atoms with Crippen LogP contribution < -0.4 is 0 Å². The van der Waals surface area contributed by atoms with Gasteiger partial charge in [0.2, 0.25) is 0 Å². The lowest BCUT2D eigenvalue weighted by atomic mass is 10.1. The molecule has 4 rings (SSSR count). The Balaban J connectivity index is 1.61. The van der Waals surface area contributed by atoms with Gasteiger partial charge in [0.25, 0.3) is 0 Å². The molecule has 0 unspecified atom stereocenters. The zero-order valence-electron chi connectivity index (χ0n) is 14.7. The molecule has 4 aromatic rings. The molecule has 2 aromatic carbocycles. The average Bonchev–Trinajstić information content (AvgIpc) is 3.31. The fourth-order valence-electron chi connectivity index (χ4n) is 2.94. The van der Waals surface area contributed by atoms with E-state index in [4.69, 9.17) is 4.42 Å². The number of aromatic nitrogens is 2. The standard InChI is InChI=1S/C22H16BrN3O/c1-15-6-7-17(11-19(15)23)22-9-8-18(27-22)10-16(12-24)13-26-14-25-20-4-2-3-5-21(20)26/h2-11,14H,13H2,1H3/b16-10-. The summed E-state index contributed by atoms with van der Waals surface area (Å²) in [7, 11) is 0. The summed E-state index contributed by atoms with van der Waals surface area (Å²) >= 11 is 3.55. The Morgan fingerprint density at radius 1 is 1.22 bits per heavy atom. The fourth-order valence-corrected chi connectivity index (χ4v) is 3.32. The first-order chi connectivity index (χ1) is 13.1. The molecule has 4 nitrogen and oxygen atoms in total. The van der Waals surface area contributed by atoms with E-state index in [0.29, 0.717) is 17.9 Å². The van der Waals surface area contributed by atoms with Crippen molar-refractivity contribution in [2.75, 3.05) is 0 Å². The number of allylic oxidation sites excluding steroid dienone is 1. The SMILES string of the molecule is Cc1ccc(-c2ccc(/C=C(/C#N)Cn3cnc4ccccc43)o2)cc1Br. The Morgan fingerprint density at radius 3 is 2.89 bits per heavy atom. The van der Waals surface area contributed by atoms with E-state index in [9.17, 15) is 5.26 Å². The summed E-state index contributed by atoms with van der Waals surface area (Å²) in [6.45, 7) is 2.49. The second-order valence-electron chi connectivity index (χ2n) is 6.31. The maximum Gasteiger partial charge on any atom is 0.134 e. The third-order valence-corrected chi connectivity index (χ3v) is 5.27. The predicted octanol–water partition coefficient (Wildman–Crippen LogP) is 5.97. The van der Waals surface area contributed by atoms with Gasteiger partial charge in [-0.25, -0.2) is 4.98 Å². The largest absolute Gasteiger partial charge is 0.457 e. The van der Waals surface area contributed by atoms with Crippen LogP contribution in [0.2, 0.25) is 0 Å². The number of rotatable bonds is 4. The van der Waals surface area contributed by atoms with Crippen molar-refractivity contribution in [1.29, 1.82) is 5.26 Å². The van der Waals surface area contributed by atoms with Crippen molar-refractivity contribution in [3.63, 3.8) is 0 Å². The van der Waals surface area contributed by atoms with E-state index in [0.717, 1.165) is 26.8 Å². The quantitative estimate of drug-likeness (QED) is 0.384. The van der Waals surface area contributed by atoms with Crippen molar-refractivity contribution in [2.24, 2.45) is 0 Å². The minimum absolute atomic E-state index is 0.448. The number of nitrogens with zero attached hydrogens (tertiary/aromatic N) is 3. The highest BCUT2D eigenvalue weighted by atomic mass is 79.9. The highest BCUT2D eigenvalue weighted by Gasteiger charge is 2.08. The van der Waals surface area contributed by atoms with Crippen LogP contribution in [0.3, 0.4) is 0 Å². The molecule has 0 aliphatic heterocycles. The van der Waals surface area contributed by atoms with Gasteiger partial charge in [-0.2, -0.15) is 5.26 Å². The zero-order valence-corrected chi connectivity index (χ0v) is 16.3. The summed E-state index contributed by atoms with van der Waals surface area (Å²) in [6, 6.07) is 20.0. The number of hydrogen-bond donors (Lipinski definition) is 0. The van der Waals surface area contributed by atoms with E-state index in [1.807, 2.05) is 66.1 Å². The molecule has 0 radical (unpaired) electrons. The van der Waals surface area contributed by atoms with Crippen LogP contribution in [0, 0.1) is 18.3 Å². The molecule has 0 saturated heterocycles. The van der Waals surface area contributed by atoms with E-state index < -0.39 is 0 Å². The Kier molecular flexibility index (Phi) is 4.66. The number of furan rings is 1. The fraction of sp³-hybridized carbons (Fsp3) is 0.0909. The maximum atomic E-state index is 9.55. The molecule has 27 heavy (non-hydrogen) atoms. The number of benzene rings is 2. The van der Waals surface area contributed by atoms with E-state index in [1.54, 1.807) is 12.4 Å². The lowest BCUT2D eigenvalue weighted by Gasteiger charge is -2.03. The van der Waals surface area contributed by atoms with Crippen molar-refractivity contribution in [2.45, 2.75) is 13.5 Å². The third kappa shape index (κ3) is 3.57. The summed E-state index contributed by atoms with van der Waals surface area (Å²) in [5.74, 6) is 1.43. The summed E-state index contributed by atoms with van der Waals surface area (Å²) in [5.41, 5.74) is 4.68. The number of halogens is 1. The third-order valence-electron chi connectivity index (χ3n) is 4.41. The molecule has 0 spiro atoms. The van der Waals surface area contributed by atoms with Crippen LogP contribution in [0.4, 0.5) is 0 Å². The molecule has 0 bridgehead atoms. The number of fused-ring (bicyclic) bond motifs is 1. The first kappa shape index (κ1) is 17.3. The second kappa shape index (κ2) is 7.26. The van der Waals surface area contributed by atoms with E-state index in [-0.39, 0.29) is 0 Å². The number of nitriles is 1. The van der Waals surface area contributed by atoms with Crippen molar-refractivity contribution in [3.8, 4) is 17.4 Å². The van der Waals surface area contributed by atoms with Crippen LogP contribution in [-0.2, 0) is 6.54 Å². The van der Waals surface area contributed by atoms with Crippen molar-refractivity contribution >= 4 is 33.0 Å². The van der Waals surface area contributed by atoms with Crippen molar-refractivity contribution in [1.82, 2.24) is 9.55 Å². The number of imidazole rings is 1. The van der Waals surface area contributed by atoms with E-state index in [2.05, 4.69) is 27.0 Å². The minimum atomic E-state index is 0.448. The first-order valence-electron chi connectivity index (χ1n) is 8.51. The lowest BCUT2D eigenvalue weighted by molar-refractivity contribution is 0.571. The summed E-state index contributed by atoms with van der Waals surface area (Å²) in [6.07, 6.45) is 3.54. The van der Waals surface area contributed by atoms with E-state index >= 15 is 0 Å². The molecule has 5 heteroatoms. The molecule has 0 aliphatic rings. The lowest BCUT2D eigenvalue weighted by Crippen LogP contribution is -1.98.